The Labute approximate surface area is 93.3 Å². The van der Waals surface area contributed by atoms with Crippen LogP contribution in [-0.4, -0.2) is 31.5 Å². The van der Waals surface area contributed by atoms with E-state index in [4.69, 9.17) is 15.2 Å². The second-order valence-electron chi connectivity index (χ2n) is 4.93. The largest absolute Gasteiger partial charge is 0.381 e. The number of hydrogen-bond donors (Lipinski definition) is 1. The van der Waals surface area contributed by atoms with E-state index in [1.54, 1.807) is 0 Å². The summed E-state index contributed by atoms with van der Waals surface area (Å²) in [5, 5.41) is 0. The predicted molar refractivity (Wildman–Crippen MR) is 61.8 cm³/mol. The van der Waals surface area contributed by atoms with Crippen LogP contribution >= 0.6 is 0 Å². The SMILES string of the molecule is CCOC(C)(C)C(N)CC1CCOCC1. The molecule has 1 unspecified atom stereocenters. The van der Waals surface area contributed by atoms with Gasteiger partial charge in [0.05, 0.1) is 5.60 Å². The molecular weight excluding hydrogens is 190 g/mol. The summed E-state index contributed by atoms with van der Waals surface area (Å²) in [5.41, 5.74) is 6.00. The van der Waals surface area contributed by atoms with Crippen molar-refractivity contribution in [1.29, 1.82) is 0 Å². The van der Waals surface area contributed by atoms with Crippen LogP contribution in [0.25, 0.3) is 0 Å². The Morgan fingerprint density at radius 2 is 2.00 bits per heavy atom. The van der Waals surface area contributed by atoms with Crippen molar-refractivity contribution in [2.75, 3.05) is 19.8 Å². The minimum atomic E-state index is -0.201. The maximum absolute atomic E-state index is 6.20. The number of nitrogens with two attached hydrogens (primary N) is 1. The third-order valence-corrected chi connectivity index (χ3v) is 3.34. The molecule has 0 aliphatic carbocycles. The highest BCUT2D eigenvalue weighted by Crippen LogP contribution is 2.25. The lowest BCUT2D eigenvalue weighted by Gasteiger charge is -2.34. The Morgan fingerprint density at radius 1 is 1.40 bits per heavy atom. The lowest BCUT2D eigenvalue weighted by molar-refractivity contribution is -0.0387. The van der Waals surface area contributed by atoms with Crippen molar-refractivity contribution in [1.82, 2.24) is 0 Å². The van der Waals surface area contributed by atoms with Gasteiger partial charge in [-0.05, 0) is 46.0 Å². The number of rotatable bonds is 5. The van der Waals surface area contributed by atoms with Gasteiger partial charge < -0.3 is 15.2 Å². The molecule has 15 heavy (non-hydrogen) atoms. The van der Waals surface area contributed by atoms with Crippen molar-refractivity contribution in [2.24, 2.45) is 11.7 Å². The second kappa shape index (κ2) is 5.83. The van der Waals surface area contributed by atoms with Crippen LogP contribution in [0.1, 0.15) is 40.0 Å². The van der Waals surface area contributed by atoms with Crippen molar-refractivity contribution >= 4 is 0 Å². The molecule has 0 aromatic carbocycles. The van der Waals surface area contributed by atoms with Gasteiger partial charge >= 0.3 is 0 Å². The monoisotopic (exact) mass is 215 g/mol. The lowest BCUT2D eigenvalue weighted by Crippen LogP contribution is -2.46. The minimum absolute atomic E-state index is 0.126. The Hall–Kier alpha value is -0.120. The number of hydrogen-bond acceptors (Lipinski definition) is 3. The fourth-order valence-electron chi connectivity index (χ4n) is 2.10. The molecule has 1 fully saturated rings. The van der Waals surface area contributed by atoms with E-state index in [1.165, 1.54) is 0 Å². The van der Waals surface area contributed by atoms with Gasteiger partial charge in [0, 0.05) is 25.9 Å². The predicted octanol–water partition coefficient (Wildman–Crippen LogP) is 1.95. The molecule has 0 amide bonds. The van der Waals surface area contributed by atoms with Crippen LogP contribution < -0.4 is 5.73 Å². The zero-order valence-corrected chi connectivity index (χ0v) is 10.3. The van der Waals surface area contributed by atoms with Crippen LogP contribution in [-0.2, 0) is 9.47 Å². The maximum atomic E-state index is 6.20. The molecule has 0 bridgehead atoms. The third-order valence-electron chi connectivity index (χ3n) is 3.34. The molecule has 1 atom stereocenters. The average Bonchev–Trinajstić information content (AvgIpc) is 2.19. The van der Waals surface area contributed by atoms with Gasteiger partial charge in [0.2, 0.25) is 0 Å². The van der Waals surface area contributed by atoms with Crippen LogP contribution in [0.4, 0.5) is 0 Å². The Balaban J connectivity index is 2.35. The van der Waals surface area contributed by atoms with Crippen molar-refractivity contribution < 1.29 is 9.47 Å². The molecule has 0 saturated carbocycles. The maximum Gasteiger partial charge on any atom is 0.0776 e. The molecule has 1 heterocycles. The number of ether oxygens (including phenoxy) is 2. The standard InChI is InChI=1S/C12H25NO2/c1-4-15-12(2,3)11(13)9-10-5-7-14-8-6-10/h10-11H,4-9,13H2,1-3H3. The molecule has 0 spiro atoms. The van der Waals surface area contributed by atoms with E-state index in [2.05, 4.69) is 13.8 Å². The van der Waals surface area contributed by atoms with E-state index in [0.717, 1.165) is 39.1 Å². The van der Waals surface area contributed by atoms with E-state index >= 15 is 0 Å². The summed E-state index contributed by atoms with van der Waals surface area (Å²) < 4.78 is 11.0. The van der Waals surface area contributed by atoms with Gasteiger partial charge in [0.15, 0.2) is 0 Å². The lowest BCUT2D eigenvalue weighted by atomic mass is 9.86. The van der Waals surface area contributed by atoms with Crippen LogP contribution in [0.5, 0.6) is 0 Å². The highest BCUT2D eigenvalue weighted by molar-refractivity contribution is 4.85. The summed E-state index contributed by atoms with van der Waals surface area (Å²) in [6.07, 6.45) is 3.35. The summed E-state index contributed by atoms with van der Waals surface area (Å²) in [7, 11) is 0. The fourth-order valence-corrected chi connectivity index (χ4v) is 2.10. The average molecular weight is 215 g/mol. The van der Waals surface area contributed by atoms with Gasteiger partial charge in [-0.15, -0.1) is 0 Å². The smallest absolute Gasteiger partial charge is 0.0776 e. The second-order valence-corrected chi connectivity index (χ2v) is 4.93. The normalized spacial score (nSPS) is 21.6. The quantitative estimate of drug-likeness (QED) is 0.762. The highest BCUT2D eigenvalue weighted by Gasteiger charge is 2.29. The third kappa shape index (κ3) is 4.09. The zero-order valence-electron chi connectivity index (χ0n) is 10.3. The molecule has 0 radical (unpaired) electrons. The first kappa shape index (κ1) is 12.9. The fraction of sp³-hybridized carbons (Fsp3) is 1.00. The van der Waals surface area contributed by atoms with Crippen molar-refractivity contribution in [3.05, 3.63) is 0 Å². The summed E-state index contributed by atoms with van der Waals surface area (Å²) in [5.74, 6) is 0.716. The van der Waals surface area contributed by atoms with Gasteiger partial charge in [-0.3, -0.25) is 0 Å². The Bertz CT molecular complexity index is 176. The molecule has 1 saturated heterocycles. The molecule has 1 rings (SSSR count). The van der Waals surface area contributed by atoms with Crippen molar-refractivity contribution in [2.45, 2.75) is 51.7 Å². The Morgan fingerprint density at radius 3 is 2.53 bits per heavy atom. The molecule has 0 aromatic rings. The van der Waals surface area contributed by atoms with E-state index < -0.39 is 0 Å². The molecule has 2 N–H and O–H groups in total. The molecule has 3 nitrogen and oxygen atoms in total. The molecule has 0 aromatic heterocycles. The van der Waals surface area contributed by atoms with Crippen LogP contribution in [0.15, 0.2) is 0 Å². The van der Waals surface area contributed by atoms with E-state index in [9.17, 15) is 0 Å². The summed E-state index contributed by atoms with van der Waals surface area (Å²) in [4.78, 5) is 0. The minimum Gasteiger partial charge on any atom is -0.381 e. The van der Waals surface area contributed by atoms with Crippen molar-refractivity contribution in [3.8, 4) is 0 Å². The van der Waals surface area contributed by atoms with Gasteiger partial charge in [0.1, 0.15) is 0 Å². The topological polar surface area (TPSA) is 44.5 Å². The highest BCUT2D eigenvalue weighted by atomic mass is 16.5. The van der Waals surface area contributed by atoms with Gasteiger partial charge in [-0.25, -0.2) is 0 Å². The van der Waals surface area contributed by atoms with E-state index in [0.29, 0.717) is 5.92 Å². The van der Waals surface area contributed by atoms with Crippen LogP contribution in [0.2, 0.25) is 0 Å². The first-order chi connectivity index (χ1) is 7.06. The van der Waals surface area contributed by atoms with Gasteiger partial charge in [-0.1, -0.05) is 0 Å². The summed E-state index contributed by atoms with van der Waals surface area (Å²) >= 11 is 0. The van der Waals surface area contributed by atoms with Crippen LogP contribution in [0.3, 0.4) is 0 Å². The summed E-state index contributed by atoms with van der Waals surface area (Å²) in [6.45, 7) is 8.71. The zero-order chi connectivity index (χ0) is 11.3. The van der Waals surface area contributed by atoms with Crippen molar-refractivity contribution in [3.63, 3.8) is 0 Å². The van der Waals surface area contributed by atoms with Crippen LogP contribution in [0, 0.1) is 5.92 Å². The van der Waals surface area contributed by atoms with E-state index in [1.807, 2.05) is 6.92 Å². The first-order valence-electron chi connectivity index (χ1n) is 6.03. The molecular formula is C12H25NO2. The van der Waals surface area contributed by atoms with E-state index in [-0.39, 0.29) is 11.6 Å². The Kier molecular flexibility index (Phi) is 5.03. The molecule has 1 aliphatic heterocycles. The first-order valence-corrected chi connectivity index (χ1v) is 6.03. The van der Waals surface area contributed by atoms with Gasteiger partial charge in [0.25, 0.3) is 0 Å². The summed E-state index contributed by atoms with van der Waals surface area (Å²) in [6, 6.07) is 0.126. The molecule has 1 aliphatic rings. The van der Waals surface area contributed by atoms with Gasteiger partial charge in [-0.2, -0.15) is 0 Å². The molecule has 3 heteroatoms. The molecule has 90 valence electrons.